The van der Waals surface area contributed by atoms with Gasteiger partial charge in [-0.05, 0) is 52.5 Å². The number of quaternary nitrogens is 1. The summed E-state index contributed by atoms with van der Waals surface area (Å²) in [6.07, 6.45) is 4.81. The summed E-state index contributed by atoms with van der Waals surface area (Å²) < 4.78 is 1.62. The molecule has 1 amide bonds. The van der Waals surface area contributed by atoms with E-state index in [1.54, 1.807) is 4.68 Å². The number of piperidine rings is 1. The molecule has 2 N–H and O–H groups in total. The number of nitrogens with one attached hydrogen (secondary N) is 2. The van der Waals surface area contributed by atoms with Gasteiger partial charge in [0.2, 0.25) is 0 Å². The Kier molecular flexibility index (Phi) is 5.66. The Hall–Kier alpha value is -2.28. The van der Waals surface area contributed by atoms with Gasteiger partial charge in [0.15, 0.2) is 6.54 Å². The zero-order chi connectivity index (χ0) is 18.7. The van der Waals surface area contributed by atoms with E-state index in [0.29, 0.717) is 24.4 Å². The van der Waals surface area contributed by atoms with E-state index < -0.39 is 0 Å². The van der Waals surface area contributed by atoms with Gasteiger partial charge in [-0.1, -0.05) is 6.92 Å². The van der Waals surface area contributed by atoms with E-state index in [9.17, 15) is 4.79 Å². The largest absolute Gasteiger partial charge is 0.325 e. The van der Waals surface area contributed by atoms with Gasteiger partial charge in [0.25, 0.3) is 11.9 Å². The molecule has 140 valence electrons. The molecule has 3 heterocycles. The number of nitrogens with zero attached hydrogens (tertiary/aromatic N) is 4. The maximum absolute atomic E-state index is 12.7. The number of anilines is 1. The molecule has 1 aliphatic rings. The molecule has 2 aromatic heterocycles. The van der Waals surface area contributed by atoms with Crippen LogP contribution in [0.3, 0.4) is 0 Å². The Bertz CT molecular complexity index is 764. The first-order valence-corrected chi connectivity index (χ1v) is 9.50. The number of hydrogen-bond acceptors (Lipinski definition) is 4. The van der Waals surface area contributed by atoms with Crippen molar-refractivity contribution in [3.63, 3.8) is 0 Å². The molecule has 0 aromatic carbocycles. The lowest BCUT2D eigenvalue weighted by Crippen LogP contribution is -3.17. The second kappa shape index (κ2) is 7.95. The van der Waals surface area contributed by atoms with Crippen molar-refractivity contribution < 1.29 is 9.69 Å². The van der Waals surface area contributed by atoms with Crippen LogP contribution in [-0.4, -0.2) is 44.8 Å². The number of aromatic nitrogens is 4. The predicted octanol–water partition coefficient (Wildman–Crippen LogP) is 1.37. The van der Waals surface area contributed by atoms with Crippen LogP contribution >= 0.6 is 0 Å². The molecular formula is C19H29N6O+. The average Bonchev–Trinajstić information content (AvgIpc) is 2.94. The van der Waals surface area contributed by atoms with Gasteiger partial charge < -0.3 is 10.2 Å². The summed E-state index contributed by atoms with van der Waals surface area (Å²) >= 11 is 0. The topological polar surface area (TPSA) is 77.1 Å². The van der Waals surface area contributed by atoms with Crippen molar-refractivity contribution in [3.8, 4) is 5.95 Å². The molecule has 0 radical (unpaired) electrons. The van der Waals surface area contributed by atoms with Crippen LogP contribution < -0.4 is 10.2 Å². The molecule has 7 heteroatoms. The number of hydrogen-bond donors (Lipinski definition) is 2. The van der Waals surface area contributed by atoms with Crippen molar-refractivity contribution in [1.82, 2.24) is 19.7 Å². The molecule has 26 heavy (non-hydrogen) atoms. The van der Waals surface area contributed by atoms with E-state index in [-0.39, 0.29) is 5.91 Å². The van der Waals surface area contributed by atoms with Crippen LogP contribution in [0.5, 0.6) is 0 Å². The number of likely N-dealkylation sites (tertiary alicyclic amines) is 1. The van der Waals surface area contributed by atoms with Crippen LogP contribution in [0, 0.1) is 20.8 Å². The highest BCUT2D eigenvalue weighted by Gasteiger charge is 2.27. The third-order valence-electron chi connectivity index (χ3n) is 5.02. The first kappa shape index (κ1) is 18.5. The summed E-state index contributed by atoms with van der Waals surface area (Å²) in [5, 5.41) is 7.49. The van der Waals surface area contributed by atoms with E-state index in [1.165, 1.54) is 24.2 Å². The Labute approximate surface area is 154 Å². The molecule has 7 nitrogen and oxygen atoms in total. The van der Waals surface area contributed by atoms with E-state index in [0.717, 1.165) is 30.0 Å². The Morgan fingerprint density at radius 3 is 2.62 bits per heavy atom. The second-order valence-electron chi connectivity index (χ2n) is 7.27. The normalized spacial score (nSPS) is 20.2. The molecule has 0 bridgehead atoms. The molecule has 1 aliphatic heterocycles. The van der Waals surface area contributed by atoms with Gasteiger partial charge in [0.1, 0.15) is 5.82 Å². The SMILES string of the molecule is CC[C@@H]1CCCC[NH+]1CC(=O)Nc1cc(C)nn1-c1nc(C)cc(C)n1. The number of aryl methyl sites for hydroxylation is 3. The highest BCUT2D eigenvalue weighted by atomic mass is 16.2. The Balaban J connectivity index is 1.76. The summed E-state index contributed by atoms with van der Waals surface area (Å²) in [7, 11) is 0. The van der Waals surface area contributed by atoms with Gasteiger partial charge in [-0.3, -0.25) is 4.79 Å². The minimum absolute atomic E-state index is 0.0193. The first-order valence-electron chi connectivity index (χ1n) is 9.50. The second-order valence-corrected chi connectivity index (χ2v) is 7.27. The smallest absolute Gasteiger partial charge is 0.280 e. The van der Waals surface area contributed by atoms with E-state index in [1.807, 2.05) is 32.9 Å². The lowest BCUT2D eigenvalue weighted by atomic mass is 10.0. The molecular weight excluding hydrogens is 328 g/mol. The van der Waals surface area contributed by atoms with Crippen molar-refractivity contribution in [3.05, 3.63) is 29.2 Å². The van der Waals surface area contributed by atoms with Gasteiger partial charge in [-0.15, -0.1) is 0 Å². The highest BCUT2D eigenvalue weighted by Crippen LogP contribution is 2.15. The number of rotatable bonds is 5. The van der Waals surface area contributed by atoms with Crippen molar-refractivity contribution in [2.45, 2.75) is 59.4 Å². The fourth-order valence-electron chi connectivity index (χ4n) is 3.81. The molecule has 2 aromatic rings. The average molecular weight is 357 g/mol. The fourth-order valence-corrected chi connectivity index (χ4v) is 3.81. The summed E-state index contributed by atoms with van der Waals surface area (Å²) in [5.41, 5.74) is 2.57. The summed E-state index contributed by atoms with van der Waals surface area (Å²) in [6, 6.07) is 4.37. The molecule has 3 rings (SSSR count). The first-order chi connectivity index (χ1) is 12.5. The van der Waals surface area contributed by atoms with Crippen LogP contribution in [0.4, 0.5) is 5.82 Å². The number of carbonyl (C=O) groups excluding carboxylic acids is 1. The van der Waals surface area contributed by atoms with Gasteiger partial charge in [0.05, 0.1) is 18.3 Å². The predicted molar refractivity (Wildman–Crippen MR) is 101 cm³/mol. The number of carbonyl (C=O) groups is 1. The van der Waals surface area contributed by atoms with Crippen molar-refractivity contribution in [2.75, 3.05) is 18.4 Å². The minimum atomic E-state index is 0.0193. The Morgan fingerprint density at radius 1 is 1.19 bits per heavy atom. The maximum atomic E-state index is 12.7. The van der Waals surface area contributed by atoms with Crippen LogP contribution in [-0.2, 0) is 4.79 Å². The lowest BCUT2D eigenvalue weighted by Gasteiger charge is -2.31. The lowest BCUT2D eigenvalue weighted by molar-refractivity contribution is -0.923. The highest BCUT2D eigenvalue weighted by molar-refractivity contribution is 5.90. The van der Waals surface area contributed by atoms with Crippen molar-refractivity contribution in [2.24, 2.45) is 0 Å². The van der Waals surface area contributed by atoms with E-state index >= 15 is 0 Å². The van der Waals surface area contributed by atoms with Crippen LogP contribution in [0.2, 0.25) is 0 Å². The summed E-state index contributed by atoms with van der Waals surface area (Å²) in [5.74, 6) is 1.13. The van der Waals surface area contributed by atoms with E-state index in [4.69, 9.17) is 0 Å². The van der Waals surface area contributed by atoms with Crippen molar-refractivity contribution >= 4 is 11.7 Å². The van der Waals surface area contributed by atoms with Crippen LogP contribution in [0.1, 0.15) is 49.7 Å². The standard InChI is InChI=1S/C19H28N6O/c1-5-16-8-6-7-9-24(16)12-18(26)22-17-11-15(4)23-25(17)19-20-13(2)10-14(3)21-19/h10-11,16H,5-9,12H2,1-4H3,(H,22,26)/p+1/t16-/m1/s1. The minimum Gasteiger partial charge on any atom is -0.325 e. The molecule has 0 aliphatic carbocycles. The quantitative estimate of drug-likeness (QED) is 0.847. The molecule has 1 unspecified atom stereocenters. The third-order valence-corrected chi connectivity index (χ3v) is 5.02. The van der Waals surface area contributed by atoms with Gasteiger partial charge in [0, 0.05) is 17.5 Å². The molecule has 2 atom stereocenters. The Morgan fingerprint density at radius 2 is 1.92 bits per heavy atom. The molecule has 1 saturated heterocycles. The van der Waals surface area contributed by atoms with Crippen molar-refractivity contribution in [1.29, 1.82) is 0 Å². The molecule has 0 spiro atoms. The van der Waals surface area contributed by atoms with E-state index in [2.05, 4.69) is 27.3 Å². The fraction of sp³-hybridized carbons (Fsp3) is 0.579. The summed E-state index contributed by atoms with van der Waals surface area (Å²) in [6.45, 7) is 9.54. The summed E-state index contributed by atoms with van der Waals surface area (Å²) in [4.78, 5) is 23.0. The van der Waals surface area contributed by atoms with Crippen LogP contribution in [0.15, 0.2) is 12.1 Å². The zero-order valence-corrected chi connectivity index (χ0v) is 16.2. The zero-order valence-electron chi connectivity index (χ0n) is 16.2. The third kappa shape index (κ3) is 4.27. The maximum Gasteiger partial charge on any atom is 0.280 e. The van der Waals surface area contributed by atoms with Gasteiger partial charge >= 0.3 is 0 Å². The van der Waals surface area contributed by atoms with Gasteiger partial charge in [-0.25, -0.2) is 9.97 Å². The van der Waals surface area contributed by atoms with Gasteiger partial charge in [-0.2, -0.15) is 9.78 Å². The molecule has 0 saturated carbocycles. The monoisotopic (exact) mass is 357 g/mol. The van der Waals surface area contributed by atoms with Crippen LogP contribution in [0.25, 0.3) is 5.95 Å². The molecule has 1 fully saturated rings. The number of amides is 1.